The zero-order valence-corrected chi connectivity index (χ0v) is 9.26. The van der Waals surface area contributed by atoms with Crippen LogP contribution in [0.25, 0.3) is 0 Å². The molecule has 0 saturated carbocycles. The molecule has 0 bridgehead atoms. The second-order valence-corrected chi connectivity index (χ2v) is 1.93. The van der Waals surface area contributed by atoms with Gasteiger partial charge in [-0.25, -0.2) is 0 Å². The maximum atomic E-state index is 9.84. The first kappa shape index (κ1) is 12.7. The molecule has 0 aromatic rings. The number of hydrogen-bond donors (Lipinski definition) is 2. The van der Waals surface area contributed by atoms with Gasteiger partial charge in [-0.2, -0.15) is 0 Å². The summed E-state index contributed by atoms with van der Waals surface area (Å²) in [5.74, 6) is -0.807. The van der Waals surface area contributed by atoms with Crippen molar-refractivity contribution in [2.45, 2.75) is 19.9 Å². The van der Waals surface area contributed by atoms with Gasteiger partial charge in [-0.15, -0.1) is 0 Å². The Kier molecular flexibility index (Phi) is 10.1. The van der Waals surface area contributed by atoms with Crippen molar-refractivity contribution in [3.63, 3.8) is 0 Å². The van der Waals surface area contributed by atoms with E-state index in [1.165, 1.54) is 0 Å². The molecule has 0 saturated heterocycles. The van der Waals surface area contributed by atoms with E-state index < -0.39 is 5.97 Å². The molecule has 0 aliphatic rings. The van der Waals surface area contributed by atoms with E-state index in [0.29, 0.717) is 0 Å². The molecule has 0 aliphatic heterocycles. The van der Waals surface area contributed by atoms with Gasteiger partial charge in [0.05, 0.1) is 6.54 Å². The number of aliphatic carboxylic acids is 1. The number of carbonyl (C=O) groups is 1. The molecular formula is C5H12KNO2. The van der Waals surface area contributed by atoms with E-state index in [9.17, 15) is 4.79 Å². The number of carboxylic acid groups (broad SMARTS) is 1. The van der Waals surface area contributed by atoms with Crippen LogP contribution in [-0.2, 0) is 4.79 Å². The van der Waals surface area contributed by atoms with Gasteiger partial charge in [0, 0.05) is 6.04 Å². The largest absolute Gasteiger partial charge is 1.00 e. The Balaban J connectivity index is -0.000000245. The van der Waals surface area contributed by atoms with Crippen LogP contribution < -0.4 is 56.7 Å². The van der Waals surface area contributed by atoms with Crippen LogP contribution in [0.3, 0.4) is 0 Å². The van der Waals surface area contributed by atoms with E-state index in [2.05, 4.69) is 5.32 Å². The summed E-state index contributed by atoms with van der Waals surface area (Å²) in [6, 6.07) is 0.256. The summed E-state index contributed by atoms with van der Waals surface area (Å²) in [4.78, 5) is 9.84. The normalized spacial score (nSPS) is 8.78. The molecule has 0 radical (unpaired) electrons. The first-order valence-corrected chi connectivity index (χ1v) is 2.58. The molecule has 0 amide bonds. The van der Waals surface area contributed by atoms with Gasteiger partial charge >= 0.3 is 57.4 Å². The molecule has 0 atom stereocenters. The third-order valence-corrected chi connectivity index (χ3v) is 0.662. The second kappa shape index (κ2) is 7.18. The predicted molar refractivity (Wildman–Crippen MR) is 31.9 cm³/mol. The first-order chi connectivity index (χ1) is 3.63. The van der Waals surface area contributed by atoms with Crippen LogP contribution in [0.15, 0.2) is 0 Å². The van der Waals surface area contributed by atoms with Crippen molar-refractivity contribution in [3.8, 4) is 0 Å². The van der Waals surface area contributed by atoms with E-state index in [1.807, 2.05) is 13.8 Å². The van der Waals surface area contributed by atoms with Crippen LogP contribution in [0.4, 0.5) is 0 Å². The molecule has 0 heterocycles. The number of carboxylic acids is 1. The Labute approximate surface area is 99.1 Å². The molecular weight excluding hydrogens is 145 g/mol. The van der Waals surface area contributed by atoms with E-state index in [1.54, 1.807) is 0 Å². The molecule has 0 aliphatic carbocycles. The van der Waals surface area contributed by atoms with Crippen molar-refractivity contribution in [3.05, 3.63) is 0 Å². The summed E-state index contributed by atoms with van der Waals surface area (Å²) in [7, 11) is 0. The molecule has 0 aromatic heterocycles. The Hall–Kier alpha value is 1.07. The van der Waals surface area contributed by atoms with E-state index in [0.717, 1.165) is 0 Å². The summed E-state index contributed by atoms with van der Waals surface area (Å²) in [5, 5.41) is 10.8. The number of nitrogens with one attached hydrogen (secondary N) is 1. The summed E-state index contributed by atoms with van der Waals surface area (Å²) in [6.07, 6.45) is 0. The van der Waals surface area contributed by atoms with Crippen LogP contribution in [0.2, 0.25) is 0 Å². The van der Waals surface area contributed by atoms with Gasteiger partial charge in [-0.05, 0) is 0 Å². The van der Waals surface area contributed by atoms with Gasteiger partial charge in [0.25, 0.3) is 0 Å². The SMILES string of the molecule is CC(C)NCC(=O)O.[H-].[K+]. The topological polar surface area (TPSA) is 49.3 Å². The van der Waals surface area contributed by atoms with Gasteiger partial charge in [0.15, 0.2) is 0 Å². The fraction of sp³-hybridized carbons (Fsp3) is 0.800. The summed E-state index contributed by atoms with van der Waals surface area (Å²) < 4.78 is 0. The Morgan fingerprint density at radius 3 is 2.33 bits per heavy atom. The van der Waals surface area contributed by atoms with Gasteiger partial charge < -0.3 is 11.8 Å². The van der Waals surface area contributed by atoms with E-state index >= 15 is 0 Å². The second-order valence-electron chi connectivity index (χ2n) is 1.93. The minimum Gasteiger partial charge on any atom is -1.00 e. The van der Waals surface area contributed by atoms with Crippen molar-refractivity contribution in [2.75, 3.05) is 6.54 Å². The first-order valence-electron chi connectivity index (χ1n) is 2.58. The van der Waals surface area contributed by atoms with Gasteiger partial charge in [-0.1, -0.05) is 13.8 Å². The van der Waals surface area contributed by atoms with Crippen molar-refractivity contribution in [1.82, 2.24) is 5.32 Å². The third kappa shape index (κ3) is 12.3. The molecule has 0 unspecified atom stereocenters. The van der Waals surface area contributed by atoms with Crippen molar-refractivity contribution in [1.29, 1.82) is 0 Å². The van der Waals surface area contributed by atoms with Crippen molar-refractivity contribution in [2.24, 2.45) is 0 Å². The Bertz CT molecular complexity index is 89.7. The van der Waals surface area contributed by atoms with Gasteiger partial charge in [-0.3, -0.25) is 4.79 Å². The molecule has 4 heteroatoms. The molecule has 0 rings (SSSR count). The third-order valence-electron chi connectivity index (χ3n) is 0.662. The molecule has 9 heavy (non-hydrogen) atoms. The summed E-state index contributed by atoms with van der Waals surface area (Å²) in [6.45, 7) is 3.86. The van der Waals surface area contributed by atoms with Crippen LogP contribution >= 0.6 is 0 Å². The maximum Gasteiger partial charge on any atom is 1.00 e. The van der Waals surface area contributed by atoms with Crippen molar-refractivity contribution < 1.29 is 62.7 Å². The molecule has 50 valence electrons. The molecule has 0 spiro atoms. The summed E-state index contributed by atoms with van der Waals surface area (Å²) in [5.41, 5.74) is 0. The predicted octanol–water partition coefficient (Wildman–Crippen LogP) is -2.81. The zero-order chi connectivity index (χ0) is 6.57. The van der Waals surface area contributed by atoms with E-state index in [4.69, 9.17) is 5.11 Å². The molecule has 2 N–H and O–H groups in total. The minimum atomic E-state index is -0.807. The van der Waals surface area contributed by atoms with Gasteiger partial charge in [0.1, 0.15) is 0 Å². The quantitative estimate of drug-likeness (QED) is 0.435. The van der Waals surface area contributed by atoms with Crippen LogP contribution in [0.5, 0.6) is 0 Å². The fourth-order valence-corrected chi connectivity index (χ4v) is 0.291. The van der Waals surface area contributed by atoms with Crippen LogP contribution in [0.1, 0.15) is 15.3 Å². The average Bonchev–Trinajstić information content (AvgIpc) is 1.61. The Morgan fingerprint density at radius 2 is 2.22 bits per heavy atom. The monoisotopic (exact) mass is 157 g/mol. The standard InChI is InChI=1S/C5H11NO2.K.H/c1-4(2)6-3-5(7)8;;/h4,6H,3H2,1-2H3,(H,7,8);;/q;+1;-1. The van der Waals surface area contributed by atoms with Gasteiger partial charge in [0.2, 0.25) is 0 Å². The molecule has 0 fully saturated rings. The fourth-order valence-electron chi connectivity index (χ4n) is 0.291. The zero-order valence-electron chi connectivity index (χ0n) is 7.14. The smallest absolute Gasteiger partial charge is 1.00 e. The number of hydrogen-bond acceptors (Lipinski definition) is 2. The maximum absolute atomic E-state index is 9.84. The van der Waals surface area contributed by atoms with Crippen molar-refractivity contribution >= 4 is 5.97 Å². The van der Waals surface area contributed by atoms with E-state index in [-0.39, 0.29) is 65.4 Å². The van der Waals surface area contributed by atoms with Crippen LogP contribution in [-0.4, -0.2) is 23.7 Å². The molecule has 0 aromatic carbocycles. The Morgan fingerprint density at radius 1 is 1.78 bits per heavy atom. The van der Waals surface area contributed by atoms with Crippen LogP contribution in [0, 0.1) is 0 Å². The minimum absolute atomic E-state index is 0. The average molecular weight is 157 g/mol. The molecule has 3 nitrogen and oxygen atoms in total. The summed E-state index contributed by atoms with van der Waals surface area (Å²) >= 11 is 0. The number of rotatable bonds is 3.